The first kappa shape index (κ1) is 14.3. The third kappa shape index (κ3) is 5.50. The van der Waals surface area contributed by atoms with Crippen molar-refractivity contribution in [1.82, 2.24) is 0 Å². The summed E-state index contributed by atoms with van der Waals surface area (Å²) >= 11 is 0. The number of benzene rings is 1. The Balaban J connectivity index is 2.42. The molecule has 0 aliphatic rings. The van der Waals surface area contributed by atoms with Gasteiger partial charge in [-0.05, 0) is 36.6 Å². The fourth-order valence-corrected chi connectivity index (χ4v) is 1.31. The fraction of sp³-hybridized carbons (Fsp3) is 0.357. The molecular weight excluding hydrogens is 232 g/mol. The third-order valence-corrected chi connectivity index (χ3v) is 2.31. The van der Waals surface area contributed by atoms with Crippen molar-refractivity contribution in [2.45, 2.75) is 12.8 Å². The molecule has 0 spiro atoms. The largest absolute Gasteiger partial charge is 0.494 e. The molecule has 18 heavy (non-hydrogen) atoms. The number of aliphatic hydroxyl groups excluding tert-OH is 1. The minimum atomic E-state index is -0.376. The van der Waals surface area contributed by atoms with Gasteiger partial charge in [-0.1, -0.05) is 12.1 Å². The Bertz CT molecular complexity index is 381. The van der Waals surface area contributed by atoms with E-state index in [1.54, 1.807) is 6.08 Å². The number of carbonyl (C=O) groups is 1. The maximum atomic E-state index is 10.9. The molecule has 0 unspecified atom stereocenters. The second-order valence-electron chi connectivity index (χ2n) is 3.70. The zero-order valence-electron chi connectivity index (χ0n) is 10.5. The summed E-state index contributed by atoms with van der Waals surface area (Å²) in [7, 11) is 1.34. The standard InChI is InChI=1S/C14H18O4/c1-17-14(16)9-6-12-4-7-13(8-5-12)18-11-3-2-10-15/h4-9,15H,2-3,10-11H2,1H3/b9-6+. The van der Waals surface area contributed by atoms with Crippen LogP contribution in [0.15, 0.2) is 30.3 Å². The first-order valence-electron chi connectivity index (χ1n) is 5.86. The SMILES string of the molecule is COC(=O)/C=C/c1ccc(OCCCCO)cc1. The van der Waals surface area contributed by atoms with Crippen molar-refractivity contribution in [2.75, 3.05) is 20.3 Å². The van der Waals surface area contributed by atoms with Crippen LogP contribution in [0.25, 0.3) is 6.08 Å². The van der Waals surface area contributed by atoms with Gasteiger partial charge in [-0.3, -0.25) is 0 Å². The summed E-state index contributed by atoms with van der Waals surface area (Å²) in [5.41, 5.74) is 0.906. The predicted molar refractivity (Wildman–Crippen MR) is 69.3 cm³/mol. The van der Waals surface area contributed by atoms with Crippen molar-refractivity contribution in [3.05, 3.63) is 35.9 Å². The molecule has 0 radical (unpaired) electrons. The van der Waals surface area contributed by atoms with Gasteiger partial charge in [0.1, 0.15) is 5.75 Å². The lowest BCUT2D eigenvalue weighted by atomic mass is 10.2. The van der Waals surface area contributed by atoms with E-state index in [0.717, 1.165) is 24.2 Å². The molecule has 4 nitrogen and oxygen atoms in total. The first-order chi connectivity index (χ1) is 8.76. The Hall–Kier alpha value is -1.81. The van der Waals surface area contributed by atoms with Crippen LogP contribution in [0.4, 0.5) is 0 Å². The monoisotopic (exact) mass is 250 g/mol. The number of rotatable bonds is 7. The summed E-state index contributed by atoms with van der Waals surface area (Å²) in [6.45, 7) is 0.790. The molecule has 1 aromatic carbocycles. The van der Waals surface area contributed by atoms with Crippen molar-refractivity contribution in [2.24, 2.45) is 0 Å². The highest BCUT2D eigenvalue weighted by Crippen LogP contribution is 2.13. The molecule has 0 aromatic heterocycles. The maximum Gasteiger partial charge on any atom is 0.330 e. The highest BCUT2D eigenvalue weighted by molar-refractivity contribution is 5.86. The predicted octanol–water partition coefficient (Wildman–Crippen LogP) is 2.02. The number of hydrogen-bond donors (Lipinski definition) is 1. The van der Waals surface area contributed by atoms with Gasteiger partial charge < -0.3 is 14.6 Å². The van der Waals surface area contributed by atoms with Crippen LogP contribution in [0, 0.1) is 0 Å². The van der Waals surface area contributed by atoms with E-state index in [4.69, 9.17) is 9.84 Å². The van der Waals surface area contributed by atoms with E-state index in [0.29, 0.717) is 6.61 Å². The maximum absolute atomic E-state index is 10.9. The van der Waals surface area contributed by atoms with Gasteiger partial charge in [0.15, 0.2) is 0 Å². The fourth-order valence-electron chi connectivity index (χ4n) is 1.31. The number of esters is 1. The van der Waals surface area contributed by atoms with Gasteiger partial charge in [-0.15, -0.1) is 0 Å². The van der Waals surface area contributed by atoms with Crippen molar-refractivity contribution >= 4 is 12.0 Å². The van der Waals surface area contributed by atoms with E-state index in [1.807, 2.05) is 24.3 Å². The van der Waals surface area contributed by atoms with Crippen molar-refractivity contribution in [1.29, 1.82) is 0 Å². The van der Waals surface area contributed by atoms with Crippen LogP contribution in [0.3, 0.4) is 0 Å². The third-order valence-electron chi connectivity index (χ3n) is 2.31. The number of hydrogen-bond acceptors (Lipinski definition) is 4. The van der Waals surface area contributed by atoms with Crippen molar-refractivity contribution in [3.8, 4) is 5.75 Å². The molecule has 0 bridgehead atoms. The quantitative estimate of drug-likeness (QED) is 0.457. The number of unbranched alkanes of at least 4 members (excludes halogenated alkanes) is 1. The van der Waals surface area contributed by atoms with E-state index in [2.05, 4.69) is 4.74 Å². The van der Waals surface area contributed by atoms with Gasteiger partial charge in [0.05, 0.1) is 13.7 Å². The Morgan fingerprint density at radius 1 is 1.28 bits per heavy atom. The zero-order chi connectivity index (χ0) is 13.2. The summed E-state index contributed by atoms with van der Waals surface area (Å²) in [5, 5.41) is 8.62. The van der Waals surface area contributed by atoms with Crippen molar-refractivity contribution in [3.63, 3.8) is 0 Å². The Morgan fingerprint density at radius 2 is 2.00 bits per heavy atom. The lowest BCUT2D eigenvalue weighted by Gasteiger charge is -2.05. The molecule has 1 N–H and O–H groups in total. The molecule has 1 aromatic rings. The molecule has 0 aliphatic carbocycles. The molecule has 0 saturated heterocycles. The molecule has 0 fully saturated rings. The number of ether oxygens (including phenoxy) is 2. The molecule has 0 saturated carbocycles. The minimum absolute atomic E-state index is 0.195. The van der Waals surface area contributed by atoms with E-state index < -0.39 is 0 Å². The first-order valence-corrected chi connectivity index (χ1v) is 5.86. The highest BCUT2D eigenvalue weighted by atomic mass is 16.5. The smallest absolute Gasteiger partial charge is 0.330 e. The van der Waals surface area contributed by atoms with E-state index >= 15 is 0 Å². The minimum Gasteiger partial charge on any atom is -0.494 e. The second-order valence-corrected chi connectivity index (χ2v) is 3.70. The van der Waals surface area contributed by atoms with Crippen LogP contribution >= 0.6 is 0 Å². The summed E-state index contributed by atoms with van der Waals surface area (Å²) in [4.78, 5) is 10.9. The summed E-state index contributed by atoms with van der Waals surface area (Å²) in [6.07, 6.45) is 4.64. The molecule has 98 valence electrons. The summed E-state index contributed by atoms with van der Waals surface area (Å²) < 4.78 is 9.98. The molecular formula is C14H18O4. The van der Waals surface area contributed by atoms with Gasteiger partial charge in [0, 0.05) is 12.7 Å². The summed E-state index contributed by atoms with van der Waals surface area (Å²) in [5.74, 6) is 0.405. The molecule has 0 atom stereocenters. The van der Waals surface area contributed by atoms with Crippen LogP contribution in [0.1, 0.15) is 18.4 Å². The van der Waals surface area contributed by atoms with Gasteiger partial charge in [-0.25, -0.2) is 4.79 Å². The molecule has 1 rings (SSSR count). The normalized spacial score (nSPS) is 10.6. The van der Waals surface area contributed by atoms with E-state index in [-0.39, 0.29) is 12.6 Å². The van der Waals surface area contributed by atoms with Crippen LogP contribution in [-0.2, 0) is 9.53 Å². The van der Waals surface area contributed by atoms with Crippen LogP contribution < -0.4 is 4.74 Å². The van der Waals surface area contributed by atoms with Gasteiger partial charge >= 0.3 is 5.97 Å². The number of carbonyl (C=O) groups excluding carboxylic acids is 1. The van der Waals surface area contributed by atoms with Crippen LogP contribution in [0.5, 0.6) is 5.75 Å². The van der Waals surface area contributed by atoms with E-state index in [1.165, 1.54) is 13.2 Å². The molecule has 4 heteroatoms. The average Bonchev–Trinajstić information content (AvgIpc) is 2.42. The van der Waals surface area contributed by atoms with Crippen LogP contribution in [-0.4, -0.2) is 31.4 Å². The molecule has 0 heterocycles. The lowest BCUT2D eigenvalue weighted by molar-refractivity contribution is -0.134. The molecule has 0 aliphatic heterocycles. The summed E-state index contributed by atoms with van der Waals surface area (Å²) in [6, 6.07) is 7.41. The Kier molecular flexibility index (Phi) is 6.58. The number of aliphatic hydroxyl groups is 1. The van der Waals surface area contributed by atoms with Crippen molar-refractivity contribution < 1.29 is 19.4 Å². The van der Waals surface area contributed by atoms with E-state index in [9.17, 15) is 4.79 Å². The highest BCUT2D eigenvalue weighted by Gasteiger charge is 1.95. The van der Waals surface area contributed by atoms with Gasteiger partial charge in [-0.2, -0.15) is 0 Å². The lowest BCUT2D eigenvalue weighted by Crippen LogP contribution is -1.98. The topological polar surface area (TPSA) is 55.8 Å². The van der Waals surface area contributed by atoms with Gasteiger partial charge in [0.2, 0.25) is 0 Å². The Labute approximate surface area is 107 Å². The molecule has 0 amide bonds. The zero-order valence-corrected chi connectivity index (χ0v) is 10.5. The average molecular weight is 250 g/mol. The number of methoxy groups -OCH3 is 1. The second kappa shape index (κ2) is 8.31. The van der Waals surface area contributed by atoms with Gasteiger partial charge in [0.25, 0.3) is 0 Å². The Morgan fingerprint density at radius 3 is 2.61 bits per heavy atom. The van der Waals surface area contributed by atoms with Crippen LogP contribution in [0.2, 0.25) is 0 Å².